The predicted octanol–water partition coefficient (Wildman–Crippen LogP) is 1.96. The van der Waals surface area contributed by atoms with Crippen LogP contribution in [0.25, 0.3) is 0 Å². The molecular weight excluding hydrogens is 214 g/mol. The zero-order chi connectivity index (χ0) is 11.6. The van der Waals surface area contributed by atoms with Crippen LogP contribution in [0.15, 0.2) is 24.3 Å². The smallest absolute Gasteiger partial charge is 0.369 e. The summed E-state index contributed by atoms with van der Waals surface area (Å²) in [6.45, 7) is 0. The van der Waals surface area contributed by atoms with Crippen molar-refractivity contribution in [2.24, 2.45) is 5.73 Å². The maximum Gasteiger partial charge on any atom is 0.404 e. The van der Waals surface area contributed by atoms with Crippen molar-refractivity contribution in [3.8, 4) is 0 Å². The van der Waals surface area contributed by atoms with Gasteiger partial charge in [-0.2, -0.15) is 13.2 Å². The summed E-state index contributed by atoms with van der Waals surface area (Å²) < 4.78 is 49.5. The molecule has 1 aromatic carbocycles. The summed E-state index contributed by atoms with van der Waals surface area (Å²) in [7, 11) is 0. The third-order valence-corrected chi connectivity index (χ3v) is 1.82. The molecule has 0 aliphatic carbocycles. The summed E-state index contributed by atoms with van der Waals surface area (Å²) in [6.07, 6.45) is -4.76. The summed E-state index contributed by atoms with van der Waals surface area (Å²) >= 11 is 0. The molecule has 0 spiro atoms. The second kappa shape index (κ2) is 3.88. The molecule has 1 atom stereocenters. The van der Waals surface area contributed by atoms with Gasteiger partial charge in [-0.25, -0.2) is 4.39 Å². The minimum Gasteiger partial charge on any atom is -0.369 e. The van der Waals surface area contributed by atoms with Crippen molar-refractivity contribution >= 4 is 5.91 Å². The van der Waals surface area contributed by atoms with E-state index in [4.69, 9.17) is 0 Å². The van der Waals surface area contributed by atoms with Crippen LogP contribution in [-0.4, -0.2) is 12.1 Å². The third-order valence-electron chi connectivity index (χ3n) is 1.82. The molecule has 2 N–H and O–H groups in total. The van der Waals surface area contributed by atoms with Crippen molar-refractivity contribution in [1.29, 1.82) is 0 Å². The molecule has 0 bridgehead atoms. The number of hydrogen-bond donors (Lipinski definition) is 1. The first-order valence-electron chi connectivity index (χ1n) is 3.94. The summed E-state index contributed by atoms with van der Waals surface area (Å²) in [6, 6.07) is 3.46. The molecule has 1 rings (SSSR count). The van der Waals surface area contributed by atoms with Gasteiger partial charge in [0.05, 0.1) is 0 Å². The van der Waals surface area contributed by atoms with E-state index < -0.39 is 23.8 Å². The molecule has 0 heterocycles. The maximum atomic E-state index is 12.5. The molecule has 1 unspecified atom stereocenters. The SMILES string of the molecule is NC(=O)C(c1ccc(F)cc1)C(F)(F)F. The van der Waals surface area contributed by atoms with E-state index in [-0.39, 0.29) is 5.56 Å². The fourth-order valence-corrected chi connectivity index (χ4v) is 1.17. The third kappa shape index (κ3) is 2.68. The molecule has 6 heteroatoms. The van der Waals surface area contributed by atoms with E-state index in [0.717, 1.165) is 24.3 Å². The average Bonchev–Trinajstić information content (AvgIpc) is 2.05. The van der Waals surface area contributed by atoms with E-state index in [2.05, 4.69) is 5.73 Å². The van der Waals surface area contributed by atoms with Crippen molar-refractivity contribution in [2.45, 2.75) is 12.1 Å². The topological polar surface area (TPSA) is 43.1 Å². The van der Waals surface area contributed by atoms with Crippen LogP contribution < -0.4 is 5.73 Å². The van der Waals surface area contributed by atoms with Crippen molar-refractivity contribution < 1.29 is 22.4 Å². The van der Waals surface area contributed by atoms with Crippen LogP contribution in [0.1, 0.15) is 11.5 Å². The largest absolute Gasteiger partial charge is 0.404 e. The Morgan fingerprint density at radius 1 is 1.20 bits per heavy atom. The van der Waals surface area contributed by atoms with Gasteiger partial charge in [-0.1, -0.05) is 12.1 Å². The summed E-state index contributed by atoms with van der Waals surface area (Å²) in [5.74, 6) is -4.57. The van der Waals surface area contributed by atoms with Crippen molar-refractivity contribution in [1.82, 2.24) is 0 Å². The van der Waals surface area contributed by atoms with Gasteiger partial charge < -0.3 is 5.73 Å². The lowest BCUT2D eigenvalue weighted by Crippen LogP contribution is -2.33. The number of alkyl halides is 3. The molecule has 0 saturated heterocycles. The van der Waals surface area contributed by atoms with Gasteiger partial charge in [-0.3, -0.25) is 4.79 Å². The van der Waals surface area contributed by atoms with Crippen LogP contribution in [0.2, 0.25) is 0 Å². The lowest BCUT2D eigenvalue weighted by atomic mass is 9.98. The quantitative estimate of drug-likeness (QED) is 0.762. The van der Waals surface area contributed by atoms with E-state index >= 15 is 0 Å². The van der Waals surface area contributed by atoms with Gasteiger partial charge in [0, 0.05) is 0 Å². The van der Waals surface area contributed by atoms with Crippen LogP contribution in [0.4, 0.5) is 17.6 Å². The number of halogens is 4. The van der Waals surface area contributed by atoms with Gasteiger partial charge in [0.15, 0.2) is 5.92 Å². The predicted molar refractivity (Wildman–Crippen MR) is 44.4 cm³/mol. The number of nitrogens with two attached hydrogens (primary N) is 1. The lowest BCUT2D eigenvalue weighted by molar-refractivity contribution is -0.162. The summed E-state index contributed by atoms with van der Waals surface area (Å²) in [5, 5.41) is 0. The zero-order valence-corrected chi connectivity index (χ0v) is 7.38. The highest BCUT2D eigenvalue weighted by Gasteiger charge is 2.44. The molecule has 0 aliphatic heterocycles. The molecule has 2 nitrogen and oxygen atoms in total. The number of hydrogen-bond acceptors (Lipinski definition) is 1. The molecule has 15 heavy (non-hydrogen) atoms. The van der Waals surface area contributed by atoms with E-state index in [0.29, 0.717) is 0 Å². The van der Waals surface area contributed by atoms with Crippen molar-refractivity contribution in [2.75, 3.05) is 0 Å². The number of benzene rings is 1. The highest BCUT2D eigenvalue weighted by molar-refractivity contribution is 5.82. The Balaban J connectivity index is 3.11. The number of primary amides is 1. The van der Waals surface area contributed by atoms with E-state index in [1.807, 2.05) is 0 Å². The molecule has 0 aliphatic rings. The van der Waals surface area contributed by atoms with Gasteiger partial charge in [0.2, 0.25) is 5.91 Å². The number of amides is 1. The number of rotatable bonds is 2. The Morgan fingerprint density at radius 3 is 2.00 bits per heavy atom. The maximum absolute atomic E-state index is 12.5. The van der Waals surface area contributed by atoms with Gasteiger partial charge in [-0.15, -0.1) is 0 Å². The highest BCUT2D eigenvalue weighted by atomic mass is 19.4. The molecule has 0 fully saturated rings. The number of carbonyl (C=O) groups excluding carboxylic acids is 1. The summed E-state index contributed by atoms with van der Waals surface area (Å²) in [5.41, 5.74) is 4.28. The second-order valence-electron chi connectivity index (χ2n) is 2.93. The van der Waals surface area contributed by atoms with Gasteiger partial charge in [0.1, 0.15) is 5.82 Å². The zero-order valence-electron chi connectivity index (χ0n) is 7.38. The molecule has 82 valence electrons. The molecule has 1 aromatic rings. The highest BCUT2D eigenvalue weighted by Crippen LogP contribution is 2.34. The fraction of sp³-hybridized carbons (Fsp3) is 0.222. The molecular formula is C9H7F4NO. The number of carbonyl (C=O) groups is 1. The Bertz CT molecular complexity index is 357. The Hall–Kier alpha value is -1.59. The Labute approximate surface area is 82.7 Å². The Kier molecular flexibility index (Phi) is 2.97. The van der Waals surface area contributed by atoms with Crippen molar-refractivity contribution in [3.63, 3.8) is 0 Å². The van der Waals surface area contributed by atoms with Crippen LogP contribution in [-0.2, 0) is 4.79 Å². The molecule has 0 radical (unpaired) electrons. The first-order chi connectivity index (χ1) is 6.82. The van der Waals surface area contributed by atoms with E-state index in [1.165, 1.54) is 0 Å². The van der Waals surface area contributed by atoms with Crippen LogP contribution >= 0.6 is 0 Å². The molecule has 1 amide bonds. The van der Waals surface area contributed by atoms with Crippen LogP contribution in [0.3, 0.4) is 0 Å². The monoisotopic (exact) mass is 221 g/mol. The van der Waals surface area contributed by atoms with E-state index in [9.17, 15) is 22.4 Å². The first-order valence-corrected chi connectivity index (χ1v) is 3.94. The minimum absolute atomic E-state index is 0.364. The van der Waals surface area contributed by atoms with Gasteiger partial charge >= 0.3 is 6.18 Å². The average molecular weight is 221 g/mol. The summed E-state index contributed by atoms with van der Waals surface area (Å²) in [4.78, 5) is 10.6. The van der Waals surface area contributed by atoms with Crippen LogP contribution in [0.5, 0.6) is 0 Å². The fourth-order valence-electron chi connectivity index (χ4n) is 1.17. The second-order valence-corrected chi connectivity index (χ2v) is 2.93. The Morgan fingerprint density at radius 2 is 1.67 bits per heavy atom. The first kappa shape index (κ1) is 11.5. The van der Waals surface area contributed by atoms with Crippen molar-refractivity contribution in [3.05, 3.63) is 35.6 Å². The minimum atomic E-state index is -4.76. The lowest BCUT2D eigenvalue weighted by Gasteiger charge is -2.16. The molecule has 0 aromatic heterocycles. The van der Waals surface area contributed by atoms with Gasteiger partial charge in [0.25, 0.3) is 0 Å². The normalized spacial score (nSPS) is 13.6. The van der Waals surface area contributed by atoms with Crippen LogP contribution in [0, 0.1) is 5.82 Å². The van der Waals surface area contributed by atoms with E-state index in [1.54, 1.807) is 0 Å². The van der Waals surface area contributed by atoms with Gasteiger partial charge in [-0.05, 0) is 17.7 Å². The standard InChI is InChI=1S/C9H7F4NO/c10-6-3-1-5(2-4-6)7(8(14)15)9(11,12)13/h1-4,7H,(H2,14,15). The molecule has 0 saturated carbocycles.